The number of hydrogen-bond acceptors (Lipinski definition) is 7. The highest BCUT2D eigenvalue weighted by Gasteiger charge is 2.25. The largest absolute Gasteiger partial charge is 0.491 e. The van der Waals surface area contributed by atoms with Gasteiger partial charge in [0.25, 0.3) is 11.8 Å². The molecule has 0 unspecified atom stereocenters. The Labute approximate surface area is 132 Å². The summed E-state index contributed by atoms with van der Waals surface area (Å²) >= 11 is 1.66. The van der Waals surface area contributed by atoms with Crippen LogP contribution in [-0.4, -0.2) is 35.9 Å². The van der Waals surface area contributed by atoms with Crippen LogP contribution >= 0.6 is 11.8 Å². The summed E-state index contributed by atoms with van der Waals surface area (Å²) in [5, 5.41) is 9.20. The van der Waals surface area contributed by atoms with Gasteiger partial charge >= 0.3 is 0 Å². The predicted octanol–water partition coefficient (Wildman–Crippen LogP) is 2.21. The highest BCUT2D eigenvalue weighted by atomic mass is 32.2. The van der Waals surface area contributed by atoms with Crippen molar-refractivity contribution >= 4 is 11.8 Å². The Kier molecular flexibility index (Phi) is 4.35. The van der Waals surface area contributed by atoms with Gasteiger partial charge in [-0.05, 0) is 17.7 Å². The van der Waals surface area contributed by atoms with Gasteiger partial charge in [0.05, 0.1) is 42.9 Å². The molecule has 6 nitrogen and oxygen atoms in total. The molecule has 1 atom stereocenters. The molecule has 2 heterocycles. The fourth-order valence-corrected chi connectivity index (χ4v) is 3.22. The number of aliphatic hydroxyl groups is 1. The average molecular weight is 320 g/mol. The third-order valence-electron chi connectivity index (χ3n) is 3.29. The van der Waals surface area contributed by atoms with Crippen LogP contribution in [0.15, 0.2) is 29.3 Å². The van der Waals surface area contributed by atoms with Gasteiger partial charge in [-0.2, -0.15) is 0 Å². The Hall–Kier alpha value is -1.99. The maximum Gasteiger partial charge on any atom is 0.278 e. The van der Waals surface area contributed by atoms with Crippen molar-refractivity contribution in [2.24, 2.45) is 0 Å². The number of rotatable bonds is 4. The molecule has 0 saturated carbocycles. The fraction of sp³-hybridized carbons (Fsp3) is 0.333. The lowest BCUT2D eigenvalue weighted by molar-refractivity contribution is 0.276. The van der Waals surface area contributed by atoms with Crippen molar-refractivity contribution in [3.8, 4) is 17.5 Å². The van der Waals surface area contributed by atoms with Crippen molar-refractivity contribution in [1.29, 1.82) is 0 Å². The summed E-state index contributed by atoms with van der Waals surface area (Å²) in [6.07, 6.45) is 1.68. The molecule has 22 heavy (non-hydrogen) atoms. The third-order valence-corrected chi connectivity index (χ3v) is 4.55. The molecule has 1 aliphatic rings. The zero-order chi connectivity index (χ0) is 15.5. The summed E-state index contributed by atoms with van der Waals surface area (Å²) in [6.45, 7) is 0.489. The Balaban J connectivity index is 1.85. The van der Waals surface area contributed by atoms with Crippen LogP contribution in [0, 0.1) is 0 Å². The highest BCUT2D eigenvalue weighted by Crippen LogP contribution is 2.44. The minimum absolute atomic E-state index is 0.00584. The van der Waals surface area contributed by atoms with E-state index < -0.39 is 0 Å². The van der Waals surface area contributed by atoms with Crippen molar-refractivity contribution in [1.82, 2.24) is 9.97 Å². The first kappa shape index (κ1) is 14.9. The lowest BCUT2D eigenvalue weighted by Gasteiger charge is -2.24. The SMILES string of the molecule is COc1ncc([C@@H]2COc3cc(CO)ccc3S2)nc1OC. The third kappa shape index (κ3) is 2.82. The second-order valence-corrected chi connectivity index (χ2v) is 5.91. The zero-order valence-corrected chi connectivity index (χ0v) is 13.1. The van der Waals surface area contributed by atoms with Crippen molar-refractivity contribution in [2.75, 3.05) is 20.8 Å². The van der Waals surface area contributed by atoms with Crippen molar-refractivity contribution in [3.05, 3.63) is 35.7 Å². The number of thioether (sulfide) groups is 1. The molecule has 1 aromatic heterocycles. The smallest absolute Gasteiger partial charge is 0.278 e. The first-order valence-corrected chi connectivity index (χ1v) is 7.61. The van der Waals surface area contributed by atoms with Gasteiger partial charge in [0.1, 0.15) is 12.4 Å². The first-order valence-electron chi connectivity index (χ1n) is 6.73. The van der Waals surface area contributed by atoms with E-state index >= 15 is 0 Å². The van der Waals surface area contributed by atoms with Crippen molar-refractivity contribution in [2.45, 2.75) is 16.8 Å². The first-order chi connectivity index (χ1) is 10.7. The van der Waals surface area contributed by atoms with Gasteiger partial charge < -0.3 is 19.3 Å². The molecule has 0 spiro atoms. The summed E-state index contributed by atoms with van der Waals surface area (Å²) < 4.78 is 16.1. The second kappa shape index (κ2) is 6.41. The molecule has 7 heteroatoms. The van der Waals surface area contributed by atoms with Gasteiger partial charge in [0.2, 0.25) is 0 Å². The van der Waals surface area contributed by atoms with Crippen LogP contribution < -0.4 is 14.2 Å². The van der Waals surface area contributed by atoms with E-state index in [4.69, 9.17) is 19.3 Å². The van der Waals surface area contributed by atoms with E-state index in [9.17, 15) is 0 Å². The van der Waals surface area contributed by atoms with E-state index in [0.29, 0.717) is 18.4 Å². The van der Waals surface area contributed by atoms with Crippen LogP contribution in [0.25, 0.3) is 0 Å². The van der Waals surface area contributed by atoms with Gasteiger partial charge in [-0.1, -0.05) is 6.07 Å². The molecule has 3 rings (SSSR count). The average Bonchev–Trinajstić information content (AvgIpc) is 2.60. The second-order valence-electron chi connectivity index (χ2n) is 4.67. The molecule has 0 amide bonds. The van der Waals surface area contributed by atoms with Crippen molar-refractivity contribution < 1.29 is 19.3 Å². The topological polar surface area (TPSA) is 73.7 Å². The number of aromatic nitrogens is 2. The monoisotopic (exact) mass is 320 g/mol. The van der Waals surface area contributed by atoms with Crippen LogP contribution in [0.2, 0.25) is 0 Å². The minimum atomic E-state index is 0.00584. The number of hydrogen-bond donors (Lipinski definition) is 1. The zero-order valence-electron chi connectivity index (χ0n) is 12.3. The van der Waals surface area contributed by atoms with Gasteiger partial charge in [-0.25, -0.2) is 9.97 Å². The van der Waals surface area contributed by atoms with Crippen molar-refractivity contribution in [3.63, 3.8) is 0 Å². The molecule has 1 aliphatic heterocycles. The molecular formula is C15H16N2O4S. The Bertz CT molecular complexity index is 681. The van der Waals surface area contributed by atoms with Gasteiger partial charge in [0, 0.05) is 0 Å². The molecular weight excluding hydrogens is 304 g/mol. The van der Waals surface area contributed by atoms with E-state index in [1.54, 1.807) is 18.0 Å². The van der Waals surface area contributed by atoms with Crippen LogP contribution in [0.1, 0.15) is 16.5 Å². The Morgan fingerprint density at radius 3 is 2.86 bits per heavy atom. The lowest BCUT2D eigenvalue weighted by atomic mass is 10.2. The molecule has 0 bridgehead atoms. The van der Waals surface area contributed by atoms with E-state index in [-0.39, 0.29) is 11.9 Å². The number of ether oxygens (including phenoxy) is 3. The van der Waals surface area contributed by atoms with Gasteiger partial charge in [-0.3, -0.25) is 0 Å². The molecule has 2 aromatic rings. The quantitative estimate of drug-likeness (QED) is 0.925. The molecule has 0 aliphatic carbocycles. The number of fused-ring (bicyclic) bond motifs is 1. The molecule has 116 valence electrons. The van der Waals surface area contributed by atoms with Gasteiger partial charge in [0.15, 0.2) is 0 Å². The summed E-state index contributed by atoms with van der Waals surface area (Å²) in [6, 6.07) is 5.70. The summed E-state index contributed by atoms with van der Waals surface area (Å²) in [5.74, 6) is 1.52. The summed E-state index contributed by atoms with van der Waals surface area (Å²) in [5.41, 5.74) is 1.61. The minimum Gasteiger partial charge on any atom is -0.491 e. The van der Waals surface area contributed by atoms with Gasteiger partial charge in [-0.15, -0.1) is 11.8 Å². The van der Waals surface area contributed by atoms with Crippen LogP contribution in [-0.2, 0) is 6.61 Å². The number of nitrogens with zero attached hydrogens (tertiary/aromatic N) is 2. The van der Waals surface area contributed by atoms with Crippen LogP contribution in [0.3, 0.4) is 0 Å². The number of methoxy groups -OCH3 is 2. The summed E-state index contributed by atoms with van der Waals surface area (Å²) in [7, 11) is 3.06. The molecule has 1 N–H and O–H groups in total. The van der Waals surface area contributed by atoms with E-state index in [0.717, 1.165) is 21.9 Å². The van der Waals surface area contributed by atoms with E-state index in [2.05, 4.69) is 9.97 Å². The Morgan fingerprint density at radius 1 is 1.32 bits per heavy atom. The molecule has 1 aromatic carbocycles. The predicted molar refractivity (Wildman–Crippen MR) is 81.6 cm³/mol. The Morgan fingerprint density at radius 2 is 2.14 bits per heavy atom. The maximum atomic E-state index is 9.17. The highest BCUT2D eigenvalue weighted by molar-refractivity contribution is 7.99. The standard InChI is InChI=1S/C15H16N2O4S/c1-19-14-15(20-2)17-10(6-16-14)13-8-21-11-5-9(7-18)3-4-12(11)22-13/h3-6,13,18H,7-8H2,1-2H3/t13-/m0/s1. The number of benzene rings is 1. The number of aliphatic hydroxyl groups excluding tert-OH is 1. The van der Waals surface area contributed by atoms with Crippen LogP contribution in [0.5, 0.6) is 17.5 Å². The van der Waals surface area contributed by atoms with Crippen LogP contribution in [0.4, 0.5) is 0 Å². The lowest BCUT2D eigenvalue weighted by Crippen LogP contribution is -2.14. The fourth-order valence-electron chi connectivity index (χ4n) is 2.16. The van der Waals surface area contributed by atoms with E-state index in [1.165, 1.54) is 14.2 Å². The molecule has 0 saturated heterocycles. The summed E-state index contributed by atoms with van der Waals surface area (Å²) in [4.78, 5) is 9.68. The normalized spacial score (nSPS) is 16.6. The molecule has 0 fully saturated rings. The molecule has 0 radical (unpaired) electrons. The maximum absolute atomic E-state index is 9.17. The van der Waals surface area contributed by atoms with E-state index in [1.807, 2.05) is 18.2 Å².